The Hall–Kier alpha value is -4.07. The second kappa shape index (κ2) is 8.22. The third kappa shape index (κ3) is 3.82. The van der Waals surface area contributed by atoms with Gasteiger partial charge in [-0.15, -0.1) is 0 Å². The van der Waals surface area contributed by atoms with Crippen LogP contribution in [0.25, 0.3) is 11.1 Å². The quantitative estimate of drug-likeness (QED) is 0.565. The monoisotopic (exact) mass is 436 g/mol. The van der Waals surface area contributed by atoms with Crippen molar-refractivity contribution in [3.8, 4) is 22.6 Å². The summed E-state index contributed by atoms with van der Waals surface area (Å²) in [7, 11) is 1.60. The first-order valence-corrected chi connectivity index (χ1v) is 9.81. The van der Waals surface area contributed by atoms with E-state index in [1.54, 1.807) is 25.4 Å². The lowest BCUT2D eigenvalue weighted by molar-refractivity contribution is -0.119. The molecule has 1 aromatic heterocycles. The topological polar surface area (TPSA) is 68.6 Å². The van der Waals surface area contributed by atoms with Crippen LogP contribution in [-0.4, -0.2) is 16.4 Å². The van der Waals surface area contributed by atoms with E-state index in [4.69, 9.17) is 4.74 Å². The Morgan fingerprint density at radius 3 is 2.25 bits per heavy atom. The SMILES string of the molecule is CCc1cc(-c2cc(N3C(=O)C=CC3=O)ccc2Oc2ccc(F)cc2F)cn(C)c1=O. The molecular weight excluding hydrogens is 418 g/mol. The van der Waals surface area contributed by atoms with E-state index in [1.165, 1.54) is 28.9 Å². The van der Waals surface area contributed by atoms with Crippen molar-refractivity contribution < 1.29 is 23.1 Å². The number of anilines is 1. The molecule has 0 saturated carbocycles. The summed E-state index contributed by atoms with van der Waals surface area (Å²) < 4.78 is 34.7. The highest BCUT2D eigenvalue weighted by atomic mass is 19.1. The van der Waals surface area contributed by atoms with Crippen LogP contribution in [0, 0.1) is 11.6 Å². The predicted octanol–water partition coefficient (Wildman–Crippen LogP) is 4.11. The fourth-order valence-corrected chi connectivity index (χ4v) is 3.48. The lowest BCUT2D eigenvalue weighted by Gasteiger charge is -2.19. The van der Waals surface area contributed by atoms with Gasteiger partial charge < -0.3 is 9.30 Å². The van der Waals surface area contributed by atoms with Crippen LogP contribution >= 0.6 is 0 Å². The molecule has 0 atom stereocenters. The number of ether oxygens (including phenoxy) is 1. The molecule has 0 saturated heterocycles. The number of imide groups is 1. The van der Waals surface area contributed by atoms with Gasteiger partial charge in [-0.1, -0.05) is 6.92 Å². The standard InChI is InChI=1S/C24H18F2N2O4/c1-3-14-10-15(13-27(2)24(14)31)18-12-17(28-22(29)8-9-23(28)30)5-7-20(18)32-21-6-4-16(25)11-19(21)26/h4-13H,3H2,1-2H3. The van der Waals surface area contributed by atoms with Crippen LogP contribution in [0.1, 0.15) is 12.5 Å². The Morgan fingerprint density at radius 1 is 0.906 bits per heavy atom. The molecule has 4 rings (SSSR count). The van der Waals surface area contributed by atoms with Gasteiger partial charge in [0.1, 0.15) is 11.6 Å². The van der Waals surface area contributed by atoms with Gasteiger partial charge in [-0.3, -0.25) is 14.4 Å². The van der Waals surface area contributed by atoms with Crippen molar-refractivity contribution in [3.63, 3.8) is 0 Å². The van der Waals surface area contributed by atoms with Gasteiger partial charge in [-0.25, -0.2) is 13.7 Å². The molecular formula is C24H18F2N2O4. The number of hydrogen-bond acceptors (Lipinski definition) is 4. The summed E-state index contributed by atoms with van der Waals surface area (Å²) in [5.74, 6) is -2.61. The number of hydrogen-bond donors (Lipinski definition) is 0. The maximum absolute atomic E-state index is 14.2. The van der Waals surface area contributed by atoms with Crippen LogP contribution in [0.15, 0.2) is 65.6 Å². The number of aryl methyl sites for hydroxylation is 2. The van der Waals surface area contributed by atoms with E-state index < -0.39 is 23.4 Å². The number of aromatic nitrogens is 1. The van der Waals surface area contributed by atoms with Gasteiger partial charge in [-0.05, 0) is 42.8 Å². The molecule has 2 heterocycles. The van der Waals surface area contributed by atoms with E-state index in [1.807, 2.05) is 6.92 Å². The van der Waals surface area contributed by atoms with Crippen molar-refractivity contribution in [1.82, 2.24) is 4.57 Å². The fraction of sp³-hybridized carbons (Fsp3) is 0.125. The van der Waals surface area contributed by atoms with E-state index in [-0.39, 0.29) is 17.1 Å². The molecule has 162 valence electrons. The summed E-state index contributed by atoms with van der Waals surface area (Å²) in [5, 5.41) is 0. The molecule has 32 heavy (non-hydrogen) atoms. The lowest BCUT2D eigenvalue weighted by Crippen LogP contribution is -2.29. The van der Waals surface area contributed by atoms with Crippen molar-refractivity contribution in [2.45, 2.75) is 13.3 Å². The normalized spacial score (nSPS) is 13.2. The largest absolute Gasteiger partial charge is 0.454 e. The Bertz CT molecular complexity index is 1330. The molecule has 2 aromatic carbocycles. The maximum Gasteiger partial charge on any atom is 0.258 e. The van der Waals surface area contributed by atoms with E-state index in [9.17, 15) is 23.2 Å². The Balaban J connectivity index is 1.88. The molecule has 6 nitrogen and oxygen atoms in total. The first-order chi connectivity index (χ1) is 15.3. The Labute approximate surface area is 182 Å². The fourth-order valence-electron chi connectivity index (χ4n) is 3.48. The average molecular weight is 436 g/mol. The molecule has 0 N–H and O–H groups in total. The molecule has 3 aromatic rings. The zero-order valence-corrected chi connectivity index (χ0v) is 17.3. The van der Waals surface area contributed by atoms with E-state index >= 15 is 0 Å². The summed E-state index contributed by atoms with van der Waals surface area (Å²) in [5.41, 5.74) is 1.66. The van der Waals surface area contributed by atoms with Gasteiger partial charge in [-0.2, -0.15) is 0 Å². The smallest absolute Gasteiger partial charge is 0.258 e. The van der Waals surface area contributed by atoms with E-state index in [0.29, 0.717) is 34.9 Å². The molecule has 0 aliphatic carbocycles. The summed E-state index contributed by atoms with van der Waals surface area (Å²) in [6.07, 6.45) is 4.40. The number of rotatable bonds is 5. The molecule has 1 aliphatic heterocycles. The summed E-state index contributed by atoms with van der Waals surface area (Å²) in [6, 6.07) is 9.16. The molecule has 0 unspecified atom stereocenters. The second-order valence-electron chi connectivity index (χ2n) is 7.23. The van der Waals surface area contributed by atoms with Gasteiger partial charge in [0, 0.05) is 48.2 Å². The summed E-state index contributed by atoms with van der Waals surface area (Å²) in [6.45, 7) is 1.84. The lowest BCUT2D eigenvalue weighted by atomic mass is 10.0. The third-order valence-electron chi connectivity index (χ3n) is 5.09. The van der Waals surface area contributed by atoms with E-state index in [0.717, 1.165) is 17.0 Å². The van der Waals surface area contributed by atoms with Gasteiger partial charge in [0.25, 0.3) is 17.4 Å². The Morgan fingerprint density at radius 2 is 1.59 bits per heavy atom. The molecule has 0 bridgehead atoms. The van der Waals surface area contributed by atoms with Crippen molar-refractivity contribution in [2.24, 2.45) is 7.05 Å². The third-order valence-corrected chi connectivity index (χ3v) is 5.09. The van der Waals surface area contributed by atoms with Crippen molar-refractivity contribution >= 4 is 17.5 Å². The van der Waals surface area contributed by atoms with Gasteiger partial charge >= 0.3 is 0 Å². The zero-order chi connectivity index (χ0) is 23.0. The van der Waals surface area contributed by atoms with Crippen molar-refractivity contribution in [3.05, 3.63) is 88.4 Å². The number of halogens is 2. The molecule has 0 spiro atoms. The average Bonchev–Trinajstić information content (AvgIpc) is 3.10. The van der Waals surface area contributed by atoms with Crippen molar-refractivity contribution in [1.29, 1.82) is 0 Å². The van der Waals surface area contributed by atoms with Crippen LogP contribution in [0.2, 0.25) is 0 Å². The van der Waals surface area contributed by atoms with E-state index in [2.05, 4.69) is 0 Å². The first-order valence-electron chi connectivity index (χ1n) is 9.81. The minimum Gasteiger partial charge on any atom is -0.454 e. The minimum absolute atomic E-state index is 0.159. The summed E-state index contributed by atoms with van der Waals surface area (Å²) >= 11 is 0. The van der Waals surface area contributed by atoms with Crippen LogP contribution in [0.3, 0.4) is 0 Å². The number of carbonyl (C=O) groups excluding carboxylic acids is 2. The number of amides is 2. The summed E-state index contributed by atoms with van der Waals surface area (Å²) in [4.78, 5) is 37.6. The molecule has 0 fully saturated rings. The van der Waals surface area contributed by atoms with Crippen LogP contribution in [0.5, 0.6) is 11.5 Å². The first kappa shape index (κ1) is 21.2. The predicted molar refractivity (Wildman–Crippen MR) is 115 cm³/mol. The van der Waals surface area contributed by atoms with Crippen LogP contribution in [-0.2, 0) is 23.1 Å². The van der Waals surface area contributed by atoms with Gasteiger partial charge in [0.15, 0.2) is 11.6 Å². The molecule has 2 amide bonds. The minimum atomic E-state index is -0.885. The number of benzene rings is 2. The van der Waals surface area contributed by atoms with Crippen LogP contribution in [0.4, 0.5) is 14.5 Å². The maximum atomic E-state index is 14.2. The molecule has 0 radical (unpaired) electrons. The highest BCUT2D eigenvalue weighted by Gasteiger charge is 2.26. The Kier molecular flexibility index (Phi) is 5.44. The highest BCUT2D eigenvalue weighted by molar-refractivity contribution is 6.28. The number of pyridine rings is 1. The van der Waals surface area contributed by atoms with Gasteiger partial charge in [0.05, 0.1) is 5.69 Å². The van der Waals surface area contributed by atoms with Gasteiger partial charge in [0.2, 0.25) is 0 Å². The highest BCUT2D eigenvalue weighted by Crippen LogP contribution is 2.38. The number of carbonyl (C=O) groups is 2. The number of nitrogens with zero attached hydrogens (tertiary/aromatic N) is 2. The van der Waals surface area contributed by atoms with Crippen molar-refractivity contribution in [2.75, 3.05) is 4.90 Å². The van der Waals surface area contributed by atoms with Crippen LogP contribution < -0.4 is 15.2 Å². The molecule has 1 aliphatic rings. The molecule has 8 heteroatoms. The second-order valence-corrected chi connectivity index (χ2v) is 7.23. The zero-order valence-electron chi connectivity index (χ0n) is 17.3.